The fourth-order valence-corrected chi connectivity index (χ4v) is 2.95. The second kappa shape index (κ2) is 8.82. The summed E-state index contributed by atoms with van der Waals surface area (Å²) in [4.78, 5) is 26.4. The van der Waals surface area contributed by atoms with Crippen LogP contribution in [-0.4, -0.2) is 25.0 Å². The van der Waals surface area contributed by atoms with Crippen LogP contribution in [0.2, 0.25) is 0 Å². The number of aryl methyl sites for hydroxylation is 3. The zero-order chi connectivity index (χ0) is 19.1. The number of hydrogen-bond donors (Lipinski definition) is 0. The quantitative estimate of drug-likeness (QED) is 0.745. The van der Waals surface area contributed by atoms with Gasteiger partial charge in [-0.1, -0.05) is 35.9 Å². The molecule has 0 bridgehead atoms. The van der Waals surface area contributed by atoms with Crippen LogP contribution < -0.4 is 4.90 Å². The van der Waals surface area contributed by atoms with Crippen LogP contribution in [-0.2, 0) is 9.53 Å². The number of esters is 1. The predicted molar refractivity (Wildman–Crippen MR) is 100.0 cm³/mol. The van der Waals surface area contributed by atoms with Gasteiger partial charge < -0.3 is 9.64 Å². The highest BCUT2D eigenvalue weighted by molar-refractivity contribution is 5.98. The zero-order valence-corrected chi connectivity index (χ0v) is 15.3. The van der Waals surface area contributed by atoms with Crippen molar-refractivity contribution < 1.29 is 14.3 Å². The molecule has 0 saturated carbocycles. The monoisotopic (exact) mass is 350 g/mol. The molecule has 0 spiro atoms. The summed E-state index contributed by atoms with van der Waals surface area (Å²) >= 11 is 0. The molecule has 2 rings (SSSR count). The Hall–Kier alpha value is -3.13. The van der Waals surface area contributed by atoms with Crippen LogP contribution in [0.4, 0.5) is 5.69 Å². The third kappa shape index (κ3) is 4.70. The minimum Gasteiger partial charge on any atom is -0.452 e. The van der Waals surface area contributed by atoms with Crippen molar-refractivity contribution in [3.63, 3.8) is 0 Å². The van der Waals surface area contributed by atoms with Crippen molar-refractivity contribution in [2.75, 3.05) is 18.1 Å². The molecule has 1 amide bonds. The zero-order valence-electron chi connectivity index (χ0n) is 15.3. The van der Waals surface area contributed by atoms with Crippen molar-refractivity contribution in [1.29, 1.82) is 5.26 Å². The molecule has 2 aromatic rings. The molecule has 0 atom stereocenters. The van der Waals surface area contributed by atoms with Gasteiger partial charge in [0.05, 0.1) is 18.1 Å². The van der Waals surface area contributed by atoms with Gasteiger partial charge in [-0.25, -0.2) is 4.79 Å². The number of carbonyl (C=O) groups excluding carboxylic acids is 2. The van der Waals surface area contributed by atoms with Crippen molar-refractivity contribution in [2.45, 2.75) is 27.2 Å². The Labute approximate surface area is 153 Å². The van der Waals surface area contributed by atoms with E-state index in [9.17, 15) is 9.59 Å². The van der Waals surface area contributed by atoms with Crippen LogP contribution in [0, 0.1) is 32.1 Å². The van der Waals surface area contributed by atoms with E-state index in [1.807, 2.05) is 57.2 Å². The lowest BCUT2D eigenvalue weighted by Crippen LogP contribution is -2.35. The maximum atomic E-state index is 12.5. The maximum absolute atomic E-state index is 12.5. The van der Waals surface area contributed by atoms with Gasteiger partial charge in [-0.3, -0.25) is 4.79 Å². The van der Waals surface area contributed by atoms with E-state index in [-0.39, 0.29) is 25.5 Å². The van der Waals surface area contributed by atoms with Crippen molar-refractivity contribution in [2.24, 2.45) is 0 Å². The van der Waals surface area contributed by atoms with Crippen LogP contribution in [0.1, 0.15) is 33.5 Å². The molecular formula is C21H22N2O3. The fraction of sp³-hybridized carbons (Fsp3) is 0.286. The largest absolute Gasteiger partial charge is 0.452 e. The molecular weight excluding hydrogens is 328 g/mol. The highest BCUT2D eigenvalue weighted by Gasteiger charge is 2.20. The van der Waals surface area contributed by atoms with Gasteiger partial charge in [0, 0.05) is 12.2 Å². The lowest BCUT2D eigenvalue weighted by atomic mass is 10.00. The Morgan fingerprint density at radius 1 is 1.08 bits per heavy atom. The molecule has 0 aliphatic carbocycles. The first kappa shape index (κ1) is 19.2. The fourth-order valence-electron chi connectivity index (χ4n) is 2.95. The van der Waals surface area contributed by atoms with Gasteiger partial charge in [0.2, 0.25) is 0 Å². The van der Waals surface area contributed by atoms with Crippen LogP contribution in [0.25, 0.3) is 0 Å². The van der Waals surface area contributed by atoms with E-state index in [1.165, 1.54) is 4.90 Å². The number of rotatable bonds is 6. The third-order valence-corrected chi connectivity index (χ3v) is 4.02. The summed E-state index contributed by atoms with van der Waals surface area (Å²) in [6.45, 7) is 5.54. The number of nitrogens with zero attached hydrogens (tertiary/aromatic N) is 2. The predicted octanol–water partition coefficient (Wildman–Crippen LogP) is 3.72. The average molecular weight is 350 g/mol. The topological polar surface area (TPSA) is 70.4 Å². The summed E-state index contributed by atoms with van der Waals surface area (Å²) in [5, 5.41) is 8.82. The average Bonchev–Trinajstić information content (AvgIpc) is 2.60. The van der Waals surface area contributed by atoms with E-state index < -0.39 is 5.97 Å². The Morgan fingerprint density at radius 2 is 1.69 bits per heavy atom. The normalized spacial score (nSPS) is 10.1. The third-order valence-electron chi connectivity index (χ3n) is 4.02. The number of nitriles is 1. The molecule has 26 heavy (non-hydrogen) atoms. The van der Waals surface area contributed by atoms with E-state index in [1.54, 1.807) is 12.1 Å². The number of anilines is 1. The summed E-state index contributed by atoms with van der Waals surface area (Å²) in [5.41, 5.74) is 3.88. The van der Waals surface area contributed by atoms with Gasteiger partial charge >= 0.3 is 5.97 Å². The van der Waals surface area contributed by atoms with Gasteiger partial charge in [-0.2, -0.15) is 5.26 Å². The number of ether oxygens (including phenoxy) is 1. The van der Waals surface area contributed by atoms with Crippen molar-refractivity contribution in [3.05, 3.63) is 64.7 Å². The van der Waals surface area contributed by atoms with Gasteiger partial charge in [-0.05, 0) is 44.0 Å². The van der Waals surface area contributed by atoms with E-state index >= 15 is 0 Å². The summed E-state index contributed by atoms with van der Waals surface area (Å²) in [6.07, 6.45) is 0.199. The van der Waals surface area contributed by atoms with Gasteiger partial charge in [0.15, 0.2) is 6.61 Å². The molecule has 5 heteroatoms. The van der Waals surface area contributed by atoms with Crippen LogP contribution >= 0.6 is 0 Å². The SMILES string of the molecule is Cc1cc(C)c(C(=O)OCC(=O)N(CCC#N)c2ccccc2)c(C)c1. The van der Waals surface area contributed by atoms with E-state index in [0.717, 1.165) is 16.7 Å². The van der Waals surface area contributed by atoms with Crippen LogP contribution in [0.5, 0.6) is 0 Å². The number of para-hydroxylation sites is 1. The minimum absolute atomic E-state index is 0.199. The van der Waals surface area contributed by atoms with Crippen molar-refractivity contribution in [1.82, 2.24) is 0 Å². The van der Waals surface area contributed by atoms with Gasteiger partial charge in [0.1, 0.15) is 0 Å². The first-order valence-electron chi connectivity index (χ1n) is 8.41. The molecule has 0 N–H and O–H groups in total. The van der Waals surface area contributed by atoms with Crippen molar-refractivity contribution in [3.8, 4) is 6.07 Å². The highest BCUT2D eigenvalue weighted by atomic mass is 16.5. The van der Waals surface area contributed by atoms with Crippen LogP contribution in [0.3, 0.4) is 0 Å². The molecule has 0 aliphatic rings. The Kier molecular flexibility index (Phi) is 6.51. The Morgan fingerprint density at radius 3 is 2.27 bits per heavy atom. The number of benzene rings is 2. The van der Waals surface area contributed by atoms with E-state index in [2.05, 4.69) is 0 Å². The molecule has 0 heterocycles. The van der Waals surface area contributed by atoms with Gasteiger partial charge in [0.25, 0.3) is 5.91 Å². The summed E-state index contributed by atoms with van der Waals surface area (Å²) in [7, 11) is 0. The molecule has 5 nitrogen and oxygen atoms in total. The Bertz CT molecular complexity index is 815. The van der Waals surface area contributed by atoms with Crippen LogP contribution in [0.15, 0.2) is 42.5 Å². The molecule has 0 unspecified atom stereocenters. The molecule has 0 fully saturated rings. The summed E-state index contributed by atoms with van der Waals surface area (Å²) < 4.78 is 5.26. The first-order valence-corrected chi connectivity index (χ1v) is 8.41. The molecule has 2 aromatic carbocycles. The first-order chi connectivity index (χ1) is 12.4. The molecule has 0 aliphatic heterocycles. The summed E-state index contributed by atoms with van der Waals surface area (Å²) in [5.74, 6) is -0.871. The van der Waals surface area contributed by atoms with Crippen molar-refractivity contribution >= 4 is 17.6 Å². The lowest BCUT2D eigenvalue weighted by molar-refractivity contribution is -0.121. The molecule has 134 valence electrons. The minimum atomic E-state index is -0.512. The smallest absolute Gasteiger partial charge is 0.339 e. The lowest BCUT2D eigenvalue weighted by Gasteiger charge is -2.21. The standard InChI is InChI=1S/C21H22N2O3/c1-15-12-16(2)20(17(3)13-15)21(25)26-14-19(24)23(11-7-10-22)18-8-5-4-6-9-18/h4-6,8-9,12-13H,7,11,14H2,1-3H3. The maximum Gasteiger partial charge on any atom is 0.339 e. The summed E-state index contributed by atoms with van der Waals surface area (Å²) in [6, 6.07) is 14.9. The number of carbonyl (C=O) groups is 2. The molecule has 0 saturated heterocycles. The van der Waals surface area contributed by atoms with E-state index in [4.69, 9.17) is 10.00 Å². The molecule has 0 aromatic heterocycles. The van der Waals surface area contributed by atoms with Gasteiger partial charge in [-0.15, -0.1) is 0 Å². The number of hydrogen-bond acceptors (Lipinski definition) is 4. The second-order valence-electron chi connectivity index (χ2n) is 6.14. The highest BCUT2D eigenvalue weighted by Crippen LogP contribution is 2.18. The van der Waals surface area contributed by atoms with E-state index in [0.29, 0.717) is 11.3 Å². The number of amides is 1. The molecule has 0 radical (unpaired) electrons. The Balaban J connectivity index is 2.10. The second-order valence-corrected chi connectivity index (χ2v) is 6.14.